The first-order valence-electron chi connectivity index (χ1n) is 9.38. The molecule has 0 aromatic heterocycles. The number of carbonyl (C=O) groups excluding carboxylic acids is 1. The fourth-order valence-electron chi connectivity index (χ4n) is 3.36. The standard InChI is InChI=1S/C21H26ClN3O2/c1-27-20-7-5-17(6-8-20)9-10-23-21(26)16-24-11-13-25(14-12-24)19-4-2-3-18(22)15-19/h2-8,15H,9-14,16H2,1H3,(H,23,26)/p+1. The summed E-state index contributed by atoms with van der Waals surface area (Å²) in [6.45, 7) is 4.99. The highest BCUT2D eigenvalue weighted by Gasteiger charge is 2.22. The van der Waals surface area contributed by atoms with Crippen molar-refractivity contribution in [2.45, 2.75) is 6.42 Å². The topological polar surface area (TPSA) is 46.0 Å². The van der Waals surface area contributed by atoms with E-state index in [0.29, 0.717) is 13.1 Å². The number of hydrogen-bond donors (Lipinski definition) is 2. The molecule has 0 atom stereocenters. The maximum Gasteiger partial charge on any atom is 0.275 e. The molecule has 1 aliphatic heterocycles. The lowest BCUT2D eigenvalue weighted by atomic mass is 10.1. The lowest BCUT2D eigenvalue weighted by Crippen LogP contribution is -3.16. The van der Waals surface area contributed by atoms with Crippen LogP contribution in [0, 0.1) is 0 Å². The highest BCUT2D eigenvalue weighted by molar-refractivity contribution is 6.30. The SMILES string of the molecule is COc1ccc(CCNC(=O)C[NH+]2CCN(c3cccc(Cl)c3)CC2)cc1. The van der Waals surface area contributed by atoms with Crippen LogP contribution in [-0.4, -0.2) is 52.3 Å². The maximum atomic E-state index is 12.2. The molecule has 27 heavy (non-hydrogen) atoms. The molecular weight excluding hydrogens is 362 g/mol. The summed E-state index contributed by atoms with van der Waals surface area (Å²) in [5.74, 6) is 0.970. The van der Waals surface area contributed by atoms with E-state index < -0.39 is 0 Å². The van der Waals surface area contributed by atoms with Gasteiger partial charge in [-0.25, -0.2) is 0 Å². The molecule has 0 radical (unpaired) electrons. The van der Waals surface area contributed by atoms with Crippen molar-refractivity contribution in [2.75, 3.05) is 51.3 Å². The second-order valence-electron chi connectivity index (χ2n) is 6.84. The largest absolute Gasteiger partial charge is 0.497 e. The van der Waals surface area contributed by atoms with E-state index >= 15 is 0 Å². The minimum atomic E-state index is 0.120. The minimum Gasteiger partial charge on any atom is -0.497 e. The number of piperazine rings is 1. The molecular formula is C21H27ClN3O2+. The first kappa shape index (κ1) is 19.5. The Labute approximate surface area is 165 Å². The van der Waals surface area contributed by atoms with Crippen LogP contribution < -0.4 is 19.9 Å². The van der Waals surface area contributed by atoms with Crippen LogP contribution >= 0.6 is 11.6 Å². The van der Waals surface area contributed by atoms with E-state index in [1.807, 2.05) is 42.5 Å². The van der Waals surface area contributed by atoms with Gasteiger partial charge in [-0.15, -0.1) is 0 Å². The van der Waals surface area contributed by atoms with Crippen LogP contribution in [0.3, 0.4) is 0 Å². The number of nitrogens with one attached hydrogen (secondary N) is 2. The van der Waals surface area contributed by atoms with Crippen molar-refractivity contribution in [3.05, 3.63) is 59.1 Å². The monoisotopic (exact) mass is 388 g/mol. The second kappa shape index (κ2) is 9.62. The van der Waals surface area contributed by atoms with Gasteiger partial charge in [-0.05, 0) is 42.3 Å². The van der Waals surface area contributed by atoms with Gasteiger partial charge < -0.3 is 19.9 Å². The molecule has 0 aliphatic carbocycles. The predicted octanol–water partition coefficient (Wildman–Crippen LogP) is 1.41. The number of quaternary nitrogens is 1. The first-order valence-corrected chi connectivity index (χ1v) is 9.75. The molecule has 5 nitrogen and oxygen atoms in total. The summed E-state index contributed by atoms with van der Waals surface area (Å²) in [5.41, 5.74) is 2.35. The summed E-state index contributed by atoms with van der Waals surface area (Å²) in [5, 5.41) is 3.80. The Hall–Kier alpha value is -2.24. The van der Waals surface area contributed by atoms with E-state index in [1.165, 1.54) is 10.5 Å². The van der Waals surface area contributed by atoms with Crippen LogP contribution in [-0.2, 0) is 11.2 Å². The van der Waals surface area contributed by atoms with Crippen LogP contribution in [0.1, 0.15) is 5.56 Å². The van der Waals surface area contributed by atoms with Crippen LogP contribution in [0.25, 0.3) is 0 Å². The number of anilines is 1. The van der Waals surface area contributed by atoms with Gasteiger partial charge in [0, 0.05) is 17.3 Å². The normalized spacial score (nSPS) is 14.8. The van der Waals surface area contributed by atoms with Crippen molar-refractivity contribution >= 4 is 23.2 Å². The zero-order valence-electron chi connectivity index (χ0n) is 15.7. The van der Waals surface area contributed by atoms with E-state index in [-0.39, 0.29) is 5.91 Å². The van der Waals surface area contributed by atoms with E-state index in [2.05, 4.69) is 16.3 Å². The van der Waals surface area contributed by atoms with Crippen molar-refractivity contribution in [1.29, 1.82) is 0 Å². The van der Waals surface area contributed by atoms with Crippen LogP contribution in [0.5, 0.6) is 5.75 Å². The molecule has 6 heteroatoms. The van der Waals surface area contributed by atoms with Gasteiger partial charge in [-0.2, -0.15) is 0 Å². The van der Waals surface area contributed by atoms with E-state index in [0.717, 1.165) is 49.1 Å². The van der Waals surface area contributed by atoms with Gasteiger partial charge in [0.2, 0.25) is 0 Å². The Morgan fingerprint density at radius 1 is 1.19 bits per heavy atom. The highest BCUT2D eigenvalue weighted by Crippen LogP contribution is 2.19. The summed E-state index contributed by atoms with van der Waals surface area (Å²) >= 11 is 6.08. The molecule has 1 aliphatic rings. The van der Waals surface area contributed by atoms with Gasteiger partial charge in [-0.1, -0.05) is 29.8 Å². The number of benzene rings is 2. The van der Waals surface area contributed by atoms with Crippen molar-refractivity contribution < 1.29 is 14.4 Å². The molecule has 1 saturated heterocycles. The fourth-order valence-corrected chi connectivity index (χ4v) is 3.54. The average Bonchev–Trinajstić information content (AvgIpc) is 2.69. The highest BCUT2D eigenvalue weighted by atomic mass is 35.5. The van der Waals surface area contributed by atoms with Gasteiger partial charge in [-0.3, -0.25) is 4.79 Å². The van der Waals surface area contributed by atoms with Gasteiger partial charge >= 0.3 is 0 Å². The molecule has 2 N–H and O–H groups in total. The van der Waals surface area contributed by atoms with E-state index in [4.69, 9.17) is 16.3 Å². The Morgan fingerprint density at radius 3 is 2.59 bits per heavy atom. The van der Waals surface area contributed by atoms with E-state index in [1.54, 1.807) is 7.11 Å². The molecule has 1 heterocycles. The maximum absolute atomic E-state index is 12.2. The summed E-state index contributed by atoms with van der Waals surface area (Å²) in [6, 6.07) is 15.9. The van der Waals surface area contributed by atoms with Crippen molar-refractivity contribution in [3.8, 4) is 5.75 Å². The van der Waals surface area contributed by atoms with Gasteiger partial charge in [0.25, 0.3) is 5.91 Å². The summed E-state index contributed by atoms with van der Waals surface area (Å²) in [4.78, 5) is 15.9. The van der Waals surface area contributed by atoms with Gasteiger partial charge in [0.15, 0.2) is 6.54 Å². The number of methoxy groups -OCH3 is 1. The molecule has 1 amide bonds. The molecule has 144 valence electrons. The quantitative estimate of drug-likeness (QED) is 0.754. The fraction of sp³-hybridized carbons (Fsp3) is 0.381. The van der Waals surface area contributed by atoms with Crippen LogP contribution in [0.4, 0.5) is 5.69 Å². The molecule has 3 rings (SSSR count). The number of hydrogen-bond acceptors (Lipinski definition) is 3. The van der Waals surface area contributed by atoms with Crippen LogP contribution in [0.2, 0.25) is 5.02 Å². The lowest BCUT2D eigenvalue weighted by molar-refractivity contribution is -0.892. The predicted molar refractivity (Wildman–Crippen MR) is 109 cm³/mol. The third kappa shape index (κ3) is 5.88. The number of ether oxygens (including phenoxy) is 1. The van der Waals surface area contributed by atoms with Crippen LogP contribution in [0.15, 0.2) is 48.5 Å². The Kier molecular flexibility index (Phi) is 6.96. The molecule has 1 fully saturated rings. The second-order valence-corrected chi connectivity index (χ2v) is 7.28. The molecule has 0 saturated carbocycles. The van der Waals surface area contributed by atoms with Gasteiger partial charge in [0.1, 0.15) is 5.75 Å². The average molecular weight is 389 g/mol. The Bertz CT molecular complexity index is 743. The molecule has 2 aromatic carbocycles. The number of rotatable bonds is 7. The smallest absolute Gasteiger partial charge is 0.275 e. The summed E-state index contributed by atoms with van der Waals surface area (Å²) < 4.78 is 5.16. The zero-order valence-corrected chi connectivity index (χ0v) is 16.5. The summed E-state index contributed by atoms with van der Waals surface area (Å²) in [6.07, 6.45) is 0.827. The Morgan fingerprint density at radius 2 is 1.93 bits per heavy atom. The number of amides is 1. The first-order chi connectivity index (χ1) is 13.1. The molecule has 0 bridgehead atoms. The summed E-state index contributed by atoms with van der Waals surface area (Å²) in [7, 11) is 1.66. The van der Waals surface area contributed by atoms with Crippen molar-refractivity contribution in [1.82, 2.24) is 5.32 Å². The number of nitrogens with zero attached hydrogens (tertiary/aromatic N) is 1. The van der Waals surface area contributed by atoms with Gasteiger partial charge in [0.05, 0.1) is 33.3 Å². The Balaban J connectivity index is 1.36. The lowest BCUT2D eigenvalue weighted by Gasteiger charge is -2.33. The number of carbonyl (C=O) groups is 1. The molecule has 0 unspecified atom stereocenters. The molecule has 2 aromatic rings. The van der Waals surface area contributed by atoms with E-state index in [9.17, 15) is 4.79 Å². The van der Waals surface area contributed by atoms with Crippen molar-refractivity contribution in [2.24, 2.45) is 0 Å². The zero-order chi connectivity index (χ0) is 19.1. The third-order valence-electron chi connectivity index (χ3n) is 4.95. The van der Waals surface area contributed by atoms with Crippen molar-refractivity contribution in [3.63, 3.8) is 0 Å². The third-order valence-corrected chi connectivity index (χ3v) is 5.18. The number of halogens is 1. The minimum absolute atomic E-state index is 0.120. The molecule has 0 spiro atoms.